The van der Waals surface area contributed by atoms with Crippen LogP contribution in [0.3, 0.4) is 0 Å². The summed E-state index contributed by atoms with van der Waals surface area (Å²) in [6, 6.07) is 19.3. The summed E-state index contributed by atoms with van der Waals surface area (Å²) >= 11 is 0. The van der Waals surface area contributed by atoms with E-state index in [4.69, 9.17) is 0 Å². The Hall–Kier alpha value is -2.62. The van der Waals surface area contributed by atoms with Crippen LogP contribution in [0.15, 0.2) is 60.7 Å². The van der Waals surface area contributed by atoms with Gasteiger partial charge in [-0.25, -0.2) is 0 Å². The minimum atomic E-state index is -0.157. The molecule has 0 radical (unpaired) electrons. The third-order valence-corrected chi connectivity index (χ3v) is 3.33. The van der Waals surface area contributed by atoms with Crippen LogP contribution in [-0.2, 0) is 22.7 Å². The van der Waals surface area contributed by atoms with E-state index in [1.807, 2.05) is 60.7 Å². The lowest BCUT2D eigenvalue weighted by Crippen LogP contribution is -2.39. The first-order valence-electron chi connectivity index (χ1n) is 7.25. The molecule has 0 fully saturated rings. The van der Waals surface area contributed by atoms with Gasteiger partial charge in [-0.2, -0.15) is 0 Å². The van der Waals surface area contributed by atoms with Crippen LogP contribution >= 0.6 is 0 Å². The highest BCUT2D eigenvalue weighted by Crippen LogP contribution is 2.05. The van der Waals surface area contributed by atoms with E-state index in [1.165, 1.54) is 11.8 Å². The maximum absolute atomic E-state index is 12.0. The van der Waals surface area contributed by atoms with Gasteiger partial charge in [-0.05, 0) is 11.1 Å². The van der Waals surface area contributed by atoms with Gasteiger partial charge in [-0.3, -0.25) is 9.59 Å². The molecule has 2 rings (SSSR count). The second-order valence-corrected chi connectivity index (χ2v) is 5.12. The van der Waals surface area contributed by atoms with Gasteiger partial charge in [0.1, 0.15) is 0 Å². The first-order valence-corrected chi connectivity index (χ1v) is 7.25. The molecule has 2 aromatic carbocycles. The number of nitrogens with one attached hydrogen (secondary N) is 1. The summed E-state index contributed by atoms with van der Waals surface area (Å²) in [5.74, 6) is -0.270. The minimum absolute atomic E-state index is 0.0665. The molecular weight excluding hydrogens is 276 g/mol. The van der Waals surface area contributed by atoms with Gasteiger partial charge in [-0.15, -0.1) is 0 Å². The van der Waals surface area contributed by atoms with Gasteiger partial charge in [0.15, 0.2) is 0 Å². The molecule has 2 amide bonds. The standard InChI is InChI=1S/C18H20N2O2/c1-15(21)20(13-17-10-6-3-7-11-17)14-18(22)19-12-16-8-4-2-5-9-16/h2-11H,12-14H2,1H3,(H,19,22). The zero-order valence-electron chi connectivity index (χ0n) is 12.7. The molecule has 0 aliphatic carbocycles. The average molecular weight is 296 g/mol. The lowest BCUT2D eigenvalue weighted by Gasteiger charge is -2.20. The largest absolute Gasteiger partial charge is 0.350 e. The van der Waals surface area contributed by atoms with Crippen molar-refractivity contribution in [2.24, 2.45) is 0 Å². The number of carbonyl (C=O) groups excluding carboxylic acids is 2. The number of hydrogen-bond donors (Lipinski definition) is 1. The van der Waals surface area contributed by atoms with Crippen molar-refractivity contribution in [1.29, 1.82) is 0 Å². The molecule has 0 atom stereocenters. The van der Waals surface area contributed by atoms with Crippen LogP contribution in [0.25, 0.3) is 0 Å². The van der Waals surface area contributed by atoms with E-state index >= 15 is 0 Å². The smallest absolute Gasteiger partial charge is 0.239 e. The number of benzene rings is 2. The molecular formula is C18H20N2O2. The molecule has 0 saturated carbocycles. The van der Waals surface area contributed by atoms with Gasteiger partial charge in [0.05, 0.1) is 6.54 Å². The molecule has 0 aromatic heterocycles. The minimum Gasteiger partial charge on any atom is -0.350 e. The van der Waals surface area contributed by atoms with Crippen LogP contribution in [0.4, 0.5) is 0 Å². The highest BCUT2D eigenvalue weighted by atomic mass is 16.2. The van der Waals surface area contributed by atoms with Crippen LogP contribution < -0.4 is 5.32 Å². The van der Waals surface area contributed by atoms with E-state index in [0.29, 0.717) is 13.1 Å². The maximum atomic E-state index is 12.0. The Labute approximate surface area is 130 Å². The zero-order valence-corrected chi connectivity index (χ0v) is 12.7. The molecule has 1 N–H and O–H groups in total. The van der Waals surface area contributed by atoms with Gasteiger partial charge in [0, 0.05) is 20.0 Å². The third kappa shape index (κ3) is 5.05. The lowest BCUT2D eigenvalue weighted by atomic mass is 10.2. The summed E-state index contributed by atoms with van der Waals surface area (Å²) in [4.78, 5) is 25.3. The summed E-state index contributed by atoms with van der Waals surface area (Å²) in [5, 5.41) is 2.84. The molecule has 0 bridgehead atoms. The van der Waals surface area contributed by atoms with Crippen LogP contribution in [0.5, 0.6) is 0 Å². The van der Waals surface area contributed by atoms with Crippen molar-refractivity contribution in [3.8, 4) is 0 Å². The monoisotopic (exact) mass is 296 g/mol. The van der Waals surface area contributed by atoms with Gasteiger partial charge in [0.2, 0.25) is 11.8 Å². The van der Waals surface area contributed by atoms with E-state index in [2.05, 4.69) is 5.32 Å². The Balaban J connectivity index is 1.88. The molecule has 0 saturated heterocycles. The Morgan fingerprint density at radius 2 is 1.45 bits per heavy atom. The normalized spacial score (nSPS) is 10.0. The molecule has 0 aliphatic heterocycles. The first kappa shape index (κ1) is 15.8. The summed E-state index contributed by atoms with van der Waals surface area (Å²) in [6.07, 6.45) is 0. The Morgan fingerprint density at radius 1 is 0.909 bits per heavy atom. The molecule has 4 nitrogen and oxygen atoms in total. The summed E-state index contributed by atoms with van der Waals surface area (Å²) in [5.41, 5.74) is 2.04. The Kier molecular flexibility index (Phi) is 5.72. The number of carbonyl (C=O) groups is 2. The predicted octanol–water partition coefficient (Wildman–Crippen LogP) is 2.35. The van der Waals surface area contributed by atoms with E-state index in [1.54, 1.807) is 0 Å². The van der Waals surface area contributed by atoms with E-state index in [-0.39, 0.29) is 18.4 Å². The van der Waals surface area contributed by atoms with E-state index in [9.17, 15) is 9.59 Å². The average Bonchev–Trinajstić information content (AvgIpc) is 2.54. The molecule has 22 heavy (non-hydrogen) atoms. The Bertz CT molecular complexity index is 611. The fourth-order valence-corrected chi connectivity index (χ4v) is 2.11. The summed E-state index contributed by atoms with van der Waals surface area (Å²) < 4.78 is 0. The van der Waals surface area contributed by atoms with Crippen molar-refractivity contribution >= 4 is 11.8 Å². The number of rotatable bonds is 6. The number of amides is 2. The fourth-order valence-electron chi connectivity index (χ4n) is 2.11. The van der Waals surface area contributed by atoms with Crippen molar-refractivity contribution < 1.29 is 9.59 Å². The van der Waals surface area contributed by atoms with Crippen molar-refractivity contribution in [3.05, 3.63) is 71.8 Å². The van der Waals surface area contributed by atoms with Gasteiger partial charge in [0.25, 0.3) is 0 Å². The van der Waals surface area contributed by atoms with Crippen LogP contribution in [0.2, 0.25) is 0 Å². The third-order valence-electron chi connectivity index (χ3n) is 3.33. The molecule has 0 unspecified atom stereocenters. The molecule has 0 heterocycles. The second kappa shape index (κ2) is 7.98. The van der Waals surface area contributed by atoms with E-state index in [0.717, 1.165) is 11.1 Å². The van der Waals surface area contributed by atoms with E-state index < -0.39 is 0 Å². The number of hydrogen-bond acceptors (Lipinski definition) is 2. The lowest BCUT2D eigenvalue weighted by molar-refractivity contribution is -0.135. The van der Waals surface area contributed by atoms with Crippen LogP contribution in [-0.4, -0.2) is 23.3 Å². The van der Waals surface area contributed by atoms with Gasteiger partial charge < -0.3 is 10.2 Å². The SMILES string of the molecule is CC(=O)N(CC(=O)NCc1ccccc1)Cc1ccccc1. The number of nitrogens with zero attached hydrogens (tertiary/aromatic N) is 1. The maximum Gasteiger partial charge on any atom is 0.239 e. The van der Waals surface area contributed by atoms with Crippen LogP contribution in [0.1, 0.15) is 18.1 Å². The Morgan fingerprint density at radius 3 is 2.00 bits per heavy atom. The van der Waals surface area contributed by atoms with Gasteiger partial charge >= 0.3 is 0 Å². The molecule has 0 aliphatic rings. The van der Waals surface area contributed by atoms with Gasteiger partial charge in [-0.1, -0.05) is 60.7 Å². The highest BCUT2D eigenvalue weighted by molar-refractivity contribution is 5.83. The quantitative estimate of drug-likeness (QED) is 0.889. The van der Waals surface area contributed by atoms with Crippen molar-refractivity contribution in [2.75, 3.05) is 6.54 Å². The summed E-state index contributed by atoms with van der Waals surface area (Å²) in [6.45, 7) is 2.45. The fraction of sp³-hybridized carbons (Fsp3) is 0.222. The van der Waals surface area contributed by atoms with Crippen molar-refractivity contribution in [1.82, 2.24) is 10.2 Å². The second-order valence-electron chi connectivity index (χ2n) is 5.12. The predicted molar refractivity (Wildman–Crippen MR) is 85.8 cm³/mol. The molecule has 0 spiro atoms. The molecule has 4 heteroatoms. The van der Waals surface area contributed by atoms with Crippen LogP contribution in [0, 0.1) is 0 Å². The van der Waals surface area contributed by atoms with Crippen molar-refractivity contribution in [2.45, 2.75) is 20.0 Å². The topological polar surface area (TPSA) is 49.4 Å². The summed E-state index contributed by atoms with van der Waals surface area (Å²) in [7, 11) is 0. The first-order chi connectivity index (χ1) is 10.6. The zero-order chi connectivity index (χ0) is 15.8. The molecule has 2 aromatic rings. The molecule has 114 valence electrons. The highest BCUT2D eigenvalue weighted by Gasteiger charge is 2.13. The van der Waals surface area contributed by atoms with Crippen molar-refractivity contribution in [3.63, 3.8) is 0 Å².